The molecule has 22 nitrogen and oxygen atoms in total. The van der Waals surface area contributed by atoms with Gasteiger partial charge < -0.3 is 77.3 Å². The van der Waals surface area contributed by atoms with Gasteiger partial charge in [0, 0.05) is 36.5 Å². The van der Waals surface area contributed by atoms with Crippen LogP contribution in [0.25, 0.3) is 0 Å². The Kier molecular flexibility index (Phi) is 25.9. The molecule has 0 aliphatic carbocycles. The summed E-state index contributed by atoms with van der Waals surface area (Å²) in [6.07, 6.45) is -4.59. The van der Waals surface area contributed by atoms with Gasteiger partial charge in [-0.3, -0.25) is 34.1 Å². The molecule has 6 unspecified atom stereocenters. The number of methoxy groups -OCH3 is 1. The van der Waals surface area contributed by atoms with Crippen LogP contribution in [0.3, 0.4) is 0 Å². The van der Waals surface area contributed by atoms with E-state index in [1.165, 1.54) is 7.11 Å². The number of Topliss-reactive ketones (excluding diaryl/α,β-unsaturated/α-hetero) is 1. The lowest BCUT2D eigenvalue weighted by Gasteiger charge is -2.26. The van der Waals surface area contributed by atoms with E-state index in [9.17, 15) is 74.7 Å². The summed E-state index contributed by atoms with van der Waals surface area (Å²) in [5.41, 5.74) is -1.25. The number of halogens is 6. The number of rotatable bonds is 24. The summed E-state index contributed by atoms with van der Waals surface area (Å²) in [6.45, 7) is -5.81. The van der Waals surface area contributed by atoms with E-state index in [2.05, 4.69) is 31.9 Å². The summed E-state index contributed by atoms with van der Waals surface area (Å²) in [7, 11) is 1.27. The number of hydrogen-bond acceptors (Lipinski definition) is 17. The molecular formula is C34H42I6N6O16. The van der Waals surface area contributed by atoms with Gasteiger partial charge in [0.1, 0.15) is 6.61 Å². The molecule has 0 aliphatic heterocycles. The minimum Gasteiger partial charge on any atom is -0.395 e. The van der Waals surface area contributed by atoms with Gasteiger partial charge in [-0.1, -0.05) is 0 Å². The maximum atomic E-state index is 14.7. The highest BCUT2D eigenvalue weighted by atomic mass is 127. The third-order valence-corrected chi connectivity index (χ3v) is 14.8. The summed E-state index contributed by atoms with van der Waals surface area (Å²) in [5.74, 6) is -5.63. The fourth-order valence-electron chi connectivity index (χ4n) is 5.15. The third kappa shape index (κ3) is 14.7. The maximum Gasteiger partial charge on any atom is 0.253 e. The van der Waals surface area contributed by atoms with Crippen LogP contribution in [0.5, 0.6) is 0 Å². The summed E-state index contributed by atoms with van der Waals surface area (Å²) in [5, 5.41) is 103. The van der Waals surface area contributed by atoms with E-state index >= 15 is 0 Å². The molecule has 0 radical (unpaired) electrons. The number of ether oxygens (including phenoxy) is 1. The SMILES string of the molecule is COCC(=O)Nc1c(I)c(C(=O)NCC(O)CO)c(I)c(C(=O)C(NCCO)C(=O)Nc2c(I)c(C(=O)NC(CO)C(O)CO)c(I)c(C(=O)NC(CO)C(O)CO)c2I)c1I. The van der Waals surface area contributed by atoms with Crippen LogP contribution < -0.4 is 31.9 Å². The van der Waals surface area contributed by atoms with Crippen LogP contribution in [0.4, 0.5) is 11.4 Å². The van der Waals surface area contributed by atoms with Crippen molar-refractivity contribution >= 4 is 182 Å². The number of carbonyl (C=O) groups excluding carboxylic acids is 6. The van der Waals surface area contributed by atoms with Gasteiger partial charge in [0.05, 0.1) is 109 Å². The van der Waals surface area contributed by atoms with Gasteiger partial charge in [0.2, 0.25) is 11.8 Å². The zero-order valence-electron chi connectivity index (χ0n) is 32.0. The molecule has 62 heavy (non-hydrogen) atoms. The number of nitrogens with one attached hydrogen (secondary N) is 6. The molecule has 0 heterocycles. The molecule has 28 heteroatoms. The van der Waals surface area contributed by atoms with Crippen molar-refractivity contribution in [2.45, 2.75) is 36.4 Å². The van der Waals surface area contributed by atoms with Gasteiger partial charge in [-0.2, -0.15) is 0 Å². The predicted octanol–water partition coefficient (Wildman–Crippen LogP) is -2.36. The Morgan fingerprint density at radius 3 is 1.44 bits per heavy atom. The first-order valence-electron chi connectivity index (χ1n) is 17.6. The van der Waals surface area contributed by atoms with Crippen LogP contribution in [0, 0.1) is 21.4 Å². The van der Waals surface area contributed by atoms with Crippen molar-refractivity contribution in [1.82, 2.24) is 21.3 Å². The van der Waals surface area contributed by atoms with Gasteiger partial charge >= 0.3 is 0 Å². The molecule has 2 aromatic carbocycles. The molecule has 2 rings (SSSR count). The molecule has 0 aromatic heterocycles. The maximum absolute atomic E-state index is 14.7. The normalized spacial score (nSPS) is 14.2. The van der Waals surface area contributed by atoms with Crippen LogP contribution in [0.1, 0.15) is 41.4 Å². The van der Waals surface area contributed by atoms with E-state index in [4.69, 9.17) is 4.74 Å². The molecule has 0 saturated carbocycles. The van der Waals surface area contributed by atoms with Crippen molar-refractivity contribution < 1.29 is 79.5 Å². The van der Waals surface area contributed by atoms with Crippen molar-refractivity contribution in [1.29, 1.82) is 0 Å². The molecule has 0 fully saturated rings. The zero-order chi connectivity index (χ0) is 47.2. The Bertz CT molecular complexity index is 1930. The number of aliphatic hydroxyl groups excluding tert-OH is 9. The van der Waals surface area contributed by atoms with Crippen molar-refractivity contribution in [3.8, 4) is 0 Å². The lowest BCUT2D eigenvalue weighted by Crippen LogP contribution is -2.49. The van der Waals surface area contributed by atoms with Crippen molar-refractivity contribution in [2.24, 2.45) is 0 Å². The second kappa shape index (κ2) is 27.9. The van der Waals surface area contributed by atoms with E-state index in [-0.39, 0.29) is 61.6 Å². The standard InChI is InChI=1S/C34H42I6N6O16/c1-62-10-16(56)45-27-23(37)17(21(35)18(24(27)38)31(58)42-4-11(53)5-48)30(57)29(41-2-3-47)34(61)46-28-25(39)19(32(59)43-12(6-49)14(54)8-51)22(36)20(26(28)40)33(60)44-13(7-50)15(55)9-52/h11-15,29,41,47-55H,2-10H2,1H3,(H,42,58)(H,43,59)(H,44,60)(H,45,56)(H,46,61). The Morgan fingerprint density at radius 2 is 1.02 bits per heavy atom. The van der Waals surface area contributed by atoms with E-state index in [0.29, 0.717) is 0 Å². The first-order valence-corrected chi connectivity index (χ1v) is 24.1. The van der Waals surface area contributed by atoms with Crippen LogP contribution in [-0.2, 0) is 14.3 Å². The second-order valence-electron chi connectivity index (χ2n) is 12.7. The first-order chi connectivity index (χ1) is 29.2. The van der Waals surface area contributed by atoms with Crippen LogP contribution in [-0.4, -0.2) is 184 Å². The zero-order valence-corrected chi connectivity index (χ0v) is 44.9. The second-order valence-corrected chi connectivity index (χ2v) is 19.1. The Labute approximate surface area is 435 Å². The highest BCUT2D eigenvalue weighted by molar-refractivity contribution is 14.1. The van der Waals surface area contributed by atoms with Gasteiger partial charge in [-0.25, -0.2) is 0 Å². The molecule has 346 valence electrons. The third-order valence-electron chi connectivity index (χ3n) is 8.37. The number of benzene rings is 2. The van der Waals surface area contributed by atoms with Crippen molar-refractivity contribution in [3.05, 3.63) is 43.7 Å². The average Bonchev–Trinajstić information content (AvgIpc) is 3.23. The molecule has 0 spiro atoms. The molecular weight excluding hydrogens is 1510 g/mol. The van der Waals surface area contributed by atoms with E-state index in [1.807, 2.05) is 0 Å². The lowest BCUT2D eigenvalue weighted by molar-refractivity contribution is -0.119. The molecule has 6 atom stereocenters. The lowest BCUT2D eigenvalue weighted by atomic mass is 9.99. The van der Waals surface area contributed by atoms with E-state index in [1.54, 1.807) is 136 Å². The van der Waals surface area contributed by atoms with Gasteiger partial charge in [0.15, 0.2) is 11.8 Å². The topological polar surface area (TPSA) is 366 Å². The molecule has 0 bridgehead atoms. The molecule has 15 N–H and O–H groups in total. The Balaban J connectivity index is 2.94. The van der Waals surface area contributed by atoms with Gasteiger partial charge in [-0.05, 0) is 136 Å². The summed E-state index contributed by atoms with van der Waals surface area (Å²) >= 11 is 10.2. The minimum atomic E-state index is -1.91. The summed E-state index contributed by atoms with van der Waals surface area (Å²) < 4.78 is 4.99. The highest BCUT2D eigenvalue weighted by Gasteiger charge is 2.37. The molecule has 0 saturated heterocycles. The summed E-state index contributed by atoms with van der Waals surface area (Å²) in [6, 6.07) is -4.73. The quantitative estimate of drug-likeness (QED) is 0.0297. The Hall–Kier alpha value is -0.600. The fourth-order valence-corrected chi connectivity index (χ4v) is 14.0. The first kappa shape index (κ1) is 57.5. The van der Waals surface area contributed by atoms with E-state index in [0.717, 1.165) is 0 Å². The fraction of sp³-hybridized carbons (Fsp3) is 0.471. The molecule has 0 aliphatic rings. The molecule has 2 aromatic rings. The van der Waals surface area contributed by atoms with Crippen LogP contribution >= 0.6 is 136 Å². The largest absolute Gasteiger partial charge is 0.395 e. The predicted molar refractivity (Wildman–Crippen MR) is 270 cm³/mol. The number of amides is 5. The Morgan fingerprint density at radius 1 is 0.581 bits per heavy atom. The average molecular weight is 1550 g/mol. The number of hydrogen-bond donors (Lipinski definition) is 15. The number of aliphatic hydroxyl groups is 9. The smallest absolute Gasteiger partial charge is 0.253 e. The van der Waals surface area contributed by atoms with Gasteiger partial charge in [-0.15, -0.1) is 0 Å². The number of carbonyl (C=O) groups is 6. The van der Waals surface area contributed by atoms with Crippen molar-refractivity contribution in [3.63, 3.8) is 0 Å². The van der Waals surface area contributed by atoms with Gasteiger partial charge in [0.25, 0.3) is 17.7 Å². The van der Waals surface area contributed by atoms with Crippen molar-refractivity contribution in [2.75, 3.05) is 77.1 Å². The minimum absolute atomic E-state index is 0.00548. The van der Waals surface area contributed by atoms with E-state index < -0.39 is 125 Å². The highest BCUT2D eigenvalue weighted by Crippen LogP contribution is 2.38. The number of ketones is 1. The number of anilines is 2. The van der Waals surface area contributed by atoms with Crippen LogP contribution in [0.2, 0.25) is 0 Å². The molecule has 5 amide bonds. The monoisotopic (exact) mass is 1550 g/mol. The van der Waals surface area contributed by atoms with Crippen LogP contribution in [0.15, 0.2) is 0 Å². The summed E-state index contributed by atoms with van der Waals surface area (Å²) in [4.78, 5) is 83.3.